The second kappa shape index (κ2) is 6.94. The number of nitrogens with zero attached hydrogens (tertiary/aromatic N) is 2. The maximum atomic E-state index is 11.4. The first-order valence-corrected chi connectivity index (χ1v) is 9.66. The third kappa shape index (κ3) is 3.52. The van der Waals surface area contributed by atoms with Crippen molar-refractivity contribution in [3.63, 3.8) is 0 Å². The first-order valence-electron chi connectivity index (χ1n) is 8.40. The summed E-state index contributed by atoms with van der Waals surface area (Å²) in [4.78, 5) is 18.4. The maximum absolute atomic E-state index is 11.4. The number of rotatable bonds is 6. The van der Waals surface area contributed by atoms with E-state index in [1.807, 2.05) is 17.5 Å². The molecule has 0 amide bonds. The van der Waals surface area contributed by atoms with Crippen LogP contribution in [0.15, 0.2) is 29.6 Å². The number of carboxylic acids is 1. The van der Waals surface area contributed by atoms with Crippen molar-refractivity contribution >= 4 is 28.9 Å². The molecule has 2 bridgehead atoms. The molecule has 1 N–H and O–H groups in total. The average molecular weight is 379 g/mol. The first-order chi connectivity index (χ1) is 12.1. The predicted molar refractivity (Wildman–Crippen MR) is 96.0 cm³/mol. The Morgan fingerprint density at radius 3 is 2.88 bits per heavy atom. The number of thiazole rings is 1. The minimum absolute atomic E-state index is 0.165. The monoisotopic (exact) mass is 378 g/mol. The number of carbonyl (C=O) groups is 1. The van der Waals surface area contributed by atoms with E-state index >= 15 is 0 Å². The highest BCUT2D eigenvalue weighted by Gasteiger charge is 2.49. The fourth-order valence-electron chi connectivity index (χ4n) is 3.96. The van der Waals surface area contributed by atoms with Gasteiger partial charge in [0.2, 0.25) is 0 Å². The van der Waals surface area contributed by atoms with Crippen LogP contribution in [0.1, 0.15) is 30.0 Å². The highest BCUT2D eigenvalue weighted by molar-refractivity contribution is 7.09. The van der Waals surface area contributed by atoms with E-state index in [1.165, 1.54) is 0 Å². The minimum Gasteiger partial charge on any atom is -0.486 e. The number of hydrogen-bond donors (Lipinski definition) is 1. The van der Waals surface area contributed by atoms with Gasteiger partial charge in [-0.25, -0.2) is 4.98 Å². The molecule has 1 aromatic carbocycles. The summed E-state index contributed by atoms with van der Waals surface area (Å²) in [6.45, 7) is 1.16. The van der Waals surface area contributed by atoms with Crippen LogP contribution < -0.4 is 4.74 Å². The van der Waals surface area contributed by atoms with Crippen molar-refractivity contribution in [2.45, 2.75) is 44.5 Å². The quantitative estimate of drug-likeness (QED) is 0.828. The standard InChI is InChI=1S/C18H19ClN2O3S/c19-11-1-4-14(5-2-11)24-9-17-20-12(10-25-17)8-21-13-3-6-16(21)15(7-13)18(22)23/h1-2,4-5,10,13,15-16H,3,6-9H2,(H,22,23). The van der Waals surface area contributed by atoms with E-state index < -0.39 is 5.97 Å². The third-order valence-electron chi connectivity index (χ3n) is 5.12. The number of carboxylic acid groups (broad SMARTS) is 1. The Morgan fingerprint density at radius 2 is 2.16 bits per heavy atom. The van der Waals surface area contributed by atoms with Gasteiger partial charge >= 0.3 is 5.97 Å². The van der Waals surface area contributed by atoms with Crippen molar-refractivity contribution in [2.75, 3.05) is 0 Å². The van der Waals surface area contributed by atoms with Gasteiger partial charge < -0.3 is 9.84 Å². The second-order valence-electron chi connectivity index (χ2n) is 6.63. The molecule has 0 spiro atoms. The van der Waals surface area contributed by atoms with Gasteiger partial charge in [-0.15, -0.1) is 11.3 Å². The number of aliphatic carboxylic acids is 1. The zero-order chi connectivity index (χ0) is 17.4. The Balaban J connectivity index is 1.36. The molecule has 4 rings (SSSR count). The van der Waals surface area contributed by atoms with E-state index in [1.54, 1.807) is 23.5 Å². The van der Waals surface area contributed by atoms with Gasteiger partial charge in [0, 0.05) is 29.0 Å². The van der Waals surface area contributed by atoms with Crippen LogP contribution in [-0.2, 0) is 17.9 Å². The lowest BCUT2D eigenvalue weighted by atomic mass is 9.89. The Bertz CT molecular complexity index is 764. The number of halogens is 1. The summed E-state index contributed by atoms with van der Waals surface area (Å²) in [7, 11) is 0. The summed E-state index contributed by atoms with van der Waals surface area (Å²) in [6.07, 6.45) is 2.86. The smallest absolute Gasteiger partial charge is 0.308 e. The van der Waals surface area contributed by atoms with E-state index in [9.17, 15) is 9.90 Å². The van der Waals surface area contributed by atoms with Gasteiger partial charge in [-0.1, -0.05) is 11.6 Å². The lowest BCUT2D eigenvalue weighted by Gasteiger charge is -2.21. The Labute approximate surface area is 155 Å². The molecule has 2 aliphatic heterocycles. The van der Waals surface area contributed by atoms with Crippen LogP contribution in [0.2, 0.25) is 5.02 Å². The van der Waals surface area contributed by atoms with E-state index in [4.69, 9.17) is 16.3 Å². The summed E-state index contributed by atoms with van der Waals surface area (Å²) < 4.78 is 5.73. The number of benzene rings is 1. The summed E-state index contributed by atoms with van der Waals surface area (Å²) in [5.41, 5.74) is 1.00. The maximum Gasteiger partial charge on any atom is 0.308 e. The van der Waals surface area contributed by atoms with Crippen LogP contribution in [0.5, 0.6) is 5.75 Å². The zero-order valence-electron chi connectivity index (χ0n) is 13.6. The molecule has 0 saturated carbocycles. The second-order valence-corrected chi connectivity index (χ2v) is 8.01. The topological polar surface area (TPSA) is 62.7 Å². The van der Waals surface area contributed by atoms with Crippen molar-refractivity contribution in [3.05, 3.63) is 45.4 Å². The van der Waals surface area contributed by atoms with Crippen LogP contribution in [0.3, 0.4) is 0 Å². The fourth-order valence-corrected chi connectivity index (χ4v) is 4.79. The Hall–Kier alpha value is -1.63. The molecule has 1 aromatic heterocycles. The number of fused-ring (bicyclic) bond motifs is 2. The molecule has 0 radical (unpaired) electrons. The van der Waals surface area contributed by atoms with Gasteiger partial charge in [-0.05, 0) is 43.5 Å². The zero-order valence-corrected chi connectivity index (χ0v) is 15.2. The third-order valence-corrected chi connectivity index (χ3v) is 6.24. The molecule has 3 atom stereocenters. The normalized spacial score (nSPS) is 25.4. The van der Waals surface area contributed by atoms with Crippen LogP contribution in [0.4, 0.5) is 0 Å². The van der Waals surface area contributed by atoms with Gasteiger partial charge in [-0.2, -0.15) is 0 Å². The lowest BCUT2D eigenvalue weighted by Crippen LogP contribution is -2.32. The molecular formula is C18H19ClN2O3S. The highest BCUT2D eigenvalue weighted by atomic mass is 35.5. The van der Waals surface area contributed by atoms with Crippen molar-refractivity contribution in [2.24, 2.45) is 5.92 Å². The highest BCUT2D eigenvalue weighted by Crippen LogP contribution is 2.42. The molecule has 2 aliphatic rings. The molecule has 2 fully saturated rings. The predicted octanol–water partition coefficient (Wildman–Crippen LogP) is 3.81. The molecule has 2 saturated heterocycles. The van der Waals surface area contributed by atoms with Gasteiger partial charge in [0.15, 0.2) is 0 Å². The Morgan fingerprint density at radius 1 is 1.36 bits per heavy atom. The minimum atomic E-state index is -0.660. The largest absolute Gasteiger partial charge is 0.486 e. The summed E-state index contributed by atoms with van der Waals surface area (Å²) >= 11 is 7.44. The van der Waals surface area contributed by atoms with Crippen LogP contribution in [0.25, 0.3) is 0 Å². The molecule has 25 heavy (non-hydrogen) atoms. The van der Waals surface area contributed by atoms with Crippen LogP contribution in [-0.4, -0.2) is 33.0 Å². The number of hydrogen-bond acceptors (Lipinski definition) is 5. The van der Waals surface area contributed by atoms with Gasteiger partial charge in [0.25, 0.3) is 0 Å². The van der Waals surface area contributed by atoms with E-state index in [0.717, 1.165) is 42.3 Å². The molecule has 7 heteroatoms. The molecule has 0 aliphatic carbocycles. The van der Waals surface area contributed by atoms with Crippen molar-refractivity contribution in [3.8, 4) is 5.75 Å². The molecule has 2 aromatic rings. The van der Waals surface area contributed by atoms with Gasteiger partial charge in [0.1, 0.15) is 17.4 Å². The van der Waals surface area contributed by atoms with Crippen LogP contribution >= 0.6 is 22.9 Å². The van der Waals surface area contributed by atoms with Gasteiger partial charge in [-0.3, -0.25) is 9.69 Å². The summed E-state index contributed by atoms with van der Waals surface area (Å²) in [5.74, 6) is -0.110. The lowest BCUT2D eigenvalue weighted by molar-refractivity contribution is -0.142. The Kier molecular flexibility index (Phi) is 4.67. The van der Waals surface area contributed by atoms with Crippen molar-refractivity contribution < 1.29 is 14.6 Å². The van der Waals surface area contributed by atoms with E-state index in [-0.39, 0.29) is 12.0 Å². The first kappa shape index (κ1) is 16.8. The molecule has 132 valence electrons. The molecule has 3 unspecified atom stereocenters. The molecular weight excluding hydrogens is 360 g/mol. The van der Waals surface area contributed by atoms with Crippen molar-refractivity contribution in [1.82, 2.24) is 9.88 Å². The van der Waals surface area contributed by atoms with E-state index in [2.05, 4.69) is 9.88 Å². The van der Waals surface area contributed by atoms with Gasteiger partial charge in [0.05, 0.1) is 11.6 Å². The van der Waals surface area contributed by atoms with Crippen molar-refractivity contribution in [1.29, 1.82) is 0 Å². The van der Waals surface area contributed by atoms with Crippen LogP contribution in [0, 0.1) is 5.92 Å². The molecule has 3 heterocycles. The van der Waals surface area contributed by atoms with E-state index in [0.29, 0.717) is 17.7 Å². The average Bonchev–Trinajstić information content (AvgIpc) is 3.30. The summed E-state index contributed by atoms with van der Waals surface area (Å²) in [5, 5.41) is 13.0. The summed E-state index contributed by atoms with van der Waals surface area (Å²) in [6, 6.07) is 7.83. The number of ether oxygens (including phenoxy) is 1. The molecule has 5 nitrogen and oxygen atoms in total. The number of aromatic nitrogens is 1. The fraction of sp³-hybridized carbons (Fsp3) is 0.444. The SMILES string of the molecule is O=C(O)C1CC2CCC1N2Cc1csc(COc2ccc(Cl)cc2)n1.